The van der Waals surface area contributed by atoms with Gasteiger partial charge >= 0.3 is 5.69 Å². The number of piperidine rings is 1. The Labute approximate surface area is 150 Å². The topological polar surface area (TPSA) is 64.7 Å². The number of para-hydroxylation sites is 1. The van der Waals surface area contributed by atoms with E-state index in [1.807, 2.05) is 42.6 Å². The molecule has 0 bridgehead atoms. The zero-order chi connectivity index (χ0) is 17.2. The summed E-state index contributed by atoms with van der Waals surface area (Å²) in [5.74, 6) is 1.09. The van der Waals surface area contributed by atoms with Gasteiger partial charge in [-0.25, -0.2) is 19.0 Å². The molecule has 0 saturated carbocycles. The van der Waals surface area contributed by atoms with Gasteiger partial charge < -0.3 is 5.32 Å². The fraction of sp³-hybridized carbons (Fsp3) is 0.389. The predicted molar refractivity (Wildman–Crippen MR) is 98.6 cm³/mol. The Hall–Kier alpha value is -2.25. The van der Waals surface area contributed by atoms with Gasteiger partial charge in [0.2, 0.25) is 0 Å². The smallest absolute Gasteiger partial charge is 0.316 e. The van der Waals surface area contributed by atoms with Gasteiger partial charge in [-0.15, -0.1) is 11.3 Å². The molecule has 0 radical (unpaired) electrons. The van der Waals surface area contributed by atoms with E-state index in [1.165, 1.54) is 0 Å². The summed E-state index contributed by atoms with van der Waals surface area (Å²) >= 11 is 1.59. The van der Waals surface area contributed by atoms with Crippen molar-refractivity contribution >= 4 is 11.3 Å². The normalized spacial score (nSPS) is 17.7. The van der Waals surface area contributed by atoms with Crippen molar-refractivity contribution in [1.29, 1.82) is 0 Å². The molecule has 2 aromatic heterocycles. The van der Waals surface area contributed by atoms with Gasteiger partial charge in [-0.2, -0.15) is 5.10 Å². The van der Waals surface area contributed by atoms with Gasteiger partial charge in [-0.3, -0.25) is 0 Å². The van der Waals surface area contributed by atoms with E-state index in [2.05, 4.69) is 10.3 Å². The lowest BCUT2D eigenvalue weighted by atomic mass is 9.99. The summed E-state index contributed by atoms with van der Waals surface area (Å²) in [6.45, 7) is 4.28. The molecule has 1 aliphatic rings. The lowest BCUT2D eigenvalue weighted by Crippen LogP contribution is -2.31. The lowest BCUT2D eigenvalue weighted by molar-refractivity contribution is 0.439. The van der Waals surface area contributed by atoms with E-state index in [1.54, 1.807) is 20.6 Å². The molecule has 130 valence electrons. The Bertz CT molecular complexity index is 905. The number of hydrogen-bond acceptors (Lipinski definition) is 5. The average Bonchev–Trinajstić information content (AvgIpc) is 3.20. The molecule has 0 aliphatic carbocycles. The number of nitrogens with zero attached hydrogens (tertiary/aromatic N) is 4. The number of aryl methyl sites for hydroxylation is 1. The fourth-order valence-electron chi connectivity index (χ4n) is 3.32. The highest BCUT2D eigenvalue weighted by atomic mass is 32.1. The second kappa shape index (κ2) is 6.93. The Balaban J connectivity index is 1.78. The molecule has 0 spiro atoms. The highest BCUT2D eigenvalue weighted by Gasteiger charge is 2.25. The first-order chi connectivity index (χ1) is 12.2. The predicted octanol–water partition coefficient (Wildman–Crippen LogP) is 2.31. The van der Waals surface area contributed by atoms with Gasteiger partial charge in [0, 0.05) is 17.8 Å². The Morgan fingerprint density at radius 2 is 2.16 bits per heavy atom. The molecular formula is C18H21N5OS. The summed E-state index contributed by atoms with van der Waals surface area (Å²) in [4.78, 5) is 17.5. The summed E-state index contributed by atoms with van der Waals surface area (Å²) in [6, 6.07) is 9.77. The van der Waals surface area contributed by atoms with Crippen molar-refractivity contribution in [2.24, 2.45) is 0 Å². The van der Waals surface area contributed by atoms with E-state index in [0.717, 1.165) is 48.1 Å². The van der Waals surface area contributed by atoms with E-state index in [4.69, 9.17) is 5.10 Å². The number of thiazole rings is 1. The minimum Gasteiger partial charge on any atom is -0.316 e. The standard InChI is InChI=1S/C18H21N5OS/c1-13-20-15(12-25-13)11-22-18(24)23(16-7-3-2-4-8-16)17(21-22)14-6-5-9-19-10-14/h2-4,7-8,12,14,19H,5-6,9-11H2,1H3/t14-/m0/s1. The molecule has 1 aliphatic heterocycles. The SMILES string of the molecule is Cc1nc(Cn2nc([C@H]3CCCNC3)n(-c3ccccc3)c2=O)cs1. The van der Waals surface area contributed by atoms with Crippen LogP contribution < -0.4 is 11.0 Å². The molecule has 0 amide bonds. The van der Waals surface area contributed by atoms with Crippen molar-refractivity contribution in [3.05, 3.63) is 62.7 Å². The van der Waals surface area contributed by atoms with Gasteiger partial charge in [0.25, 0.3) is 0 Å². The van der Waals surface area contributed by atoms with Crippen molar-refractivity contribution in [1.82, 2.24) is 24.6 Å². The molecule has 25 heavy (non-hydrogen) atoms. The maximum atomic E-state index is 13.1. The van der Waals surface area contributed by atoms with Crippen LogP contribution in [0.3, 0.4) is 0 Å². The van der Waals surface area contributed by atoms with E-state index in [9.17, 15) is 4.79 Å². The summed E-state index contributed by atoms with van der Waals surface area (Å²) in [5.41, 5.74) is 1.65. The van der Waals surface area contributed by atoms with Crippen LogP contribution in [0, 0.1) is 6.92 Å². The van der Waals surface area contributed by atoms with Gasteiger partial charge in [-0.1, -0.05) is 18.2 Å². The largest absolute Gasteiger partial charge is 0.350 e. The number of aromatic nitrogens is 4. The molecule has 1 aromatic carbocycles. The van der Waals surface area contributed by atoms with E-state index in [-0.39, 0.29) is 11.6 Å². The first-order valence-electron chi connectivity index (χ1n) is 8.59. The Kier molecular flexibility index (Phi) is 4.50. The maximum absolute atomic E-state index is 13.1. The third-order valence-electron chi connectivity index (χ3n) is 4.52. The number of rotatable bonds is 4. The third-order valence-corrected chi connectivity index (χ3v) is 5.34. The maximum Gasteiger partial charge on any atom is 0.350 e. The first-order valence-corrected chi connectivity index (χ1v) is 9.47. The molecule has 3 heterocycles. The highest BCUT2D eigenvalue weighted by molar-refractivity contribution is 7.09. The Morgan fingerprint density at radius 3 is 2.84 bits per heavy atom. The zero-order valence-electron chi connectivity index (χ0n) is 14.2. The van der Waals surface area contributed by atoms with Crippen LogP contribution in [0.25, 0.3) is 5.69 Å². The second-order valence-electron chi connectivity index (χ2n) is 6.37. The minimum atomic E-state index is -0.0996. The van der Waals surface area contributed by atoms with Crippen molar-refractivity contribution in [3.8, 4) is 5.69 Å². The number of hydrogen-bond donors (Lipinski definition) is 1. The monoisotopic (exact) mass is 355 g/mol. The van der Waals surface area contributed by atoms with Crippen molar-refractivity contribution in [2.45, 2.75) is 32.2 Å². The second-order valence-corrected chi connectivity index (χ2v) is 7.43. The van der Waals surface area contributed by atoms with Crippen LogP contribution in [0.5, 0.6) is 0 Å². The molecule has 1 fully saturated rings. The Morgan fingerprint density at radius 1 is 1.32 bits per heavy atom. The van der Waals surface area contributed by atoms with Crippen LogP contribution in [-0.4, -0.2) is 32.4 Å². The van der Waals surface area contributed by atoms with Gasteiger partial charge in [0.1, 0.15) is 5.82 Å². The van der Waals surface area contributed by atoms with Crippen LogP contribution >= 0.6 is 11.3 Å². The van der Waals surface area contributed by atoms with Crippen molar-refractivity contribution in [3.63, 3.8) is 0 Å². The van der Waals surface area contributed by atoms with Crippen LogP contribution in [0.4, 0.5) is 0 Å². The lowest BCUT2D eigenvalue weighted by Gasteiger charge is -2.22. The molecule has 6 nitrogen and oxygen atoms in total. The highest BCUT2D eigenvalue weighted by Crippen LogP contribution is 2.23. The quantitative estimate of drug-likeness (QED) is 0.780. The number of nitrogens with one attached hydrogen (secondary N) is 1. The van der Waals surface area contributed by atoms with E-state index in [0.29, 0.717) is 6.54 Å². The summed E-state index contributed by atoms with van der Waals surface area (Å²) in [5, 5.41) is 11.1. The molecule has 1 N–H and O–H groups in total. The molecule has 3 aromatic rings. The van der Waals surface area contributed by atoms with Crippen molar-refractivity contribution < 1.29 is 0 Å². The summed E-state index contributed by atoms with van der Waals surface area (Å²) in [7, 11) is 0. The molecule has 7 heteroatoms. The van der Waals surface area contributed by atoms with E-state index < -0.39 is 0 Å². The molecular weight excluding hydrogens is 334 g/mol. The summed E-state index contributed by atoms with van der Waals surface area (Å²) in [6.07, 6.45) is 2.15. The van der Waals surface area contributed by atoms with Gasteiger partial charge in [0.15, 0.2) is 0 Å². The summed E-state index contributed by atoms with van der Waals surface area (Å²) < 4.78 is 3.31. The van der Waals surface area contributed by atoms with Gasteiger partial charge in [0.05, 0.1) is 22.9 Å². The first kappa shape index (κ1) is 16.2. The van der Waals surface area contributed by atoms with Crippen LogP contribution in [0.15, 0.2) is 40.5 Å². The van der Waals surface area contributed by atoms with Crippen molar-refractivity contribution in [2.75, 3.05) is 13.1 Å². The zero-order valence-corrected chi connectivity index (χ0v) is 15.0. The van der Waals surface area contributed by atoms with E-state index >= 15 is 0 Å². The van der Waals surface area contributed by atoms with Crippen LogP contribution in [0.1, 0.15) is 35.3 Å². The molecule has 4 rings (SSSR count). The minimum absolute atomic E-state index is 0.0996. The molecule has 1 saturated heterocycles. The molecule has 0 unspecified atom stereocenters. The third kappa shape index (κ3) is 3.29. The van der Waals surface area contributed by atoms with Crippen LogP contribution in [0.2, 0.25) is 0 Å². The van der Waals surface area contributed by atoms with Gasteiger partial charge in [-0.05, 0) is 38.4 Å². The average molecular weight is 355 g/mol. The number of benzene rings is 1. The molecule has 1 atom stereocenters. The van der Waals surface area contributed by atoms with Crippen LogP contribution in [-0.2, 0) is 6.54 Å². The fourth-order valence-corrected chi connectivity index (χ4v) is 3.92.